The molecule has 0 saturated heterocycles. The van der Waals surface area contributed by atoms with Gasteiger partial charge in [0.15, 0.2) is 5.82 Å². The molecule has 122 valence electrons. The van der Waals surface area contributed by atoms with Crippen LogP contribution in [0.5, 0.6) is 0 Å². The molecule has 6 nitrogen and oxygen atoms in total. The maximum Gasteiger partial charge on any atom is 0.320 e. The Bertz CT molecular complexity index is 636. The molecule has 2 amide bonds. The van der Waals surface area contributed by atoms with Crippen LogP contribution in [0.3, 0.4) is 0 Å². The van der Waals surface area contributed by atoms with E-state index < -0.39 is 6.03 Å². The van der Waals surface area contributed by atoms with E-state index >= 15 is 0 Å². The van der Waals surface area contributed by atoms with E-state index in [2.05, 4.69) is 20.8 Å². The minimum absolute atomic E-state index is 0.129. The summed E-state index contributed by atoms with van der Waals surface area (Å²) in [6.07, 6.45) is 0. The van der Waals surface area contributed by atoms with Gasteiger partial charge in [0.2, 0.25) is 0 Å². The zero-order valence-corrected chi connectivity index (χ0v) is 13.6. The molecule has 0 unspecified atom stereocenters. The molecular formula is C17H22N4O2. The van der Waals surface area contributed by atoms with E-state index in [1.807, 2.05) is 51.1 Å². The highest BCUT2D eigenvalue weighted by Crippen LogP contribution is 2.19. The first-order chi connectivity index (χ1) is 10.9. The molecular weight excluding hydrogens is 292 g/mol. The number of anilines is 1. The topological polar surface area (TPSA) is 87.1 Å². The summed E-state index contributed by atoms with van der Waals surface area (Å²) in [5.41, 5.74) is 1.46. The molecule has 0 fully saturated rings. The highest BCUT2D eigenvalue weighted by molar-refractivity contribution is 5.88. The number of carbonyl (C=O) groups excluding carboxylic acids is 1. The number of amides is 2. The summed E-state index contributed by atoms with van der Waals surface area (Å²) in [6, 6.07) is 12.4. The second-order valence-electron chi connectivity index (χ2n) is 6.37. The van der Waals surface area contributed by atoms with Gasteiger partial charge in [0.25, 0.3) is 0 Å². The van der Waals surface area contributed by atoms with Crippen molar-refractivity contribution in [3.05, 3.63) is 42.5 Å². The van der Waals surface area contributed by atoms with Crippen LogP contribution in [0.25, 0.3) is 11.3 Å². The molecule has 0 aliphatic heterocycles. The monoisotopic (exact) mass is 314 g/mol. The van der Waals surface area contributed by atoms with Gasteiger partial charge in [-0.25, -0.2) is 4.79 Å². The molecule has 0 radical (unpaired) electrons. The molecule has 0 aliphatic rings. The summed E-state index contributed by atoms with van der Waals surface area (Å²) >= 11 is 0. The SMILES string of the molecule is CC(C)(C)[C@@H](CO)NC(=O)Nc1ccc(-c2ccccc2)nn1. The number of nitrogens with one attached hydrogen (secondary N) is 2. The maximum absolute atomic E-state index is 12.0. The molecule has 23 heavy (non-hydrogen) atoms. The highest BCUT2D eigenvalue weighted by atomic mass is 16.3. The van der Waals surface area contributed by atoms with Crippen LogP contribution in [0.4, 0.5) is 10.6 Å². The molecule has 0 saturated carbocycles. The first kappa shape index (κ1) is 16.9. The van der Waals surface area contributed by atoms with Gasteiger partial charge in [-0.15, -0.1) is 10.2 Å². The molecule has 1 heterocycles. The molecule has 1 aromatic heterocycles. The minimum Gasteiger partial charge on any atom is -0.394 e. The quantitative estimate of drug-likeness (QED) is 0.809. The number of benzene rings is 1. The second kappa shape index (κ2) is 7.19. The lowest BCUT2D eigenvalue weighted by molar-refractivity contribution is 0.162. The van der Waals surface area contributed by atoms with Crippen molar-refractivity contribution in [2.45, 2.75) is 26.8 Å². The summed E-state index contributed by atoms with van der Waals surface area (Å²) in [5.74, 6) is 0.354. The van der Waals surface area contributed by atoms with Crippen molar-refractivity contribution in [1.29, 1.82) is 0 Å². The van der Waals surface area contributed by atoms with Gasteiger partial charge in [-0.1, -0.05) is 51.1 Å². The van der Waals surface area contributed by atoms with Gasteiger partial charge >= 0.3 is 6.03 Å². The van der Waals surface area contributed by atoms with E-state index in [4.69, 9.17) is 0 Å². The Morgan fingerprint density at radius 2 is 1.83 bits per heavy atom. The van der Waals surface area contributed by atoms with Crippen LogP contribution in [0.1, 0.15) is 20.8 Å². The van der Waals surface area contributed by atoms with E-state index in [1.54, 1.807) is 12.1 Å². The predicted molar refractivity (Wildman–Crippen MR) is 90.0 cm³/mol. The van der Waals surface area contributed by atoms with E-state index in [-0.39, 0.29) is 18.1 Å². The molecule has 2 rings (SSSR count). The van der Waals surface area contributed by atoms with Crippen LogP contribution in [0.2, 0.25) is 0 Å². The fourth-order valence-corrected chi connectivity index (χ4v) is 2.01. The summed E-state index contributed by atoms with van der Waals surface area (Å²) in [6.45, 7) is 5.71. The van der Waals surface area contributed by atoms with E-state index in [0.717, 1.165) is 11.3 Å². The van der Waals surface area contributed by atoms with Crippen LogP contribution in [0.15, 0.2) is 42.5 Å². The Morgan fingerprint density at radius 1 is 1.13 bits per heavy atom. The number of hydrogen-bond acceptors (Lipinski definition) is 4. The fourth-order valence-electron chi connectivity index (χ4n) is 2.01. The molecule has 1 atom stereocenters. The zero-order chi connectivity index (χ0) is 16.9. The number of nitrogens with zero attached hydrogens (tertiary/aromatic N) is 2. The molecule has 6 heteroatoms. The molecule has 0 aliphatic carbocycles. The number of urea groups is 1. The maximum atomic E-state index is 12.0. The first-order valence-corrected chi connectivity index (χ1v) is 7.47. The number of aliphatic hydroxyl groups is 1. The number of aliphatic hydroxyl groups excluding tert-OH is 1. The highest BCUT2D eigenvalue weighted by Gasteiger charge is 2.25. The smallest absolute Gasteiger partial charge is 0.320 e. The summed E-state index contributed by atoms with van der Waals surface area (Å²) in [7, 11) is 0. The Kier molecular flexibility index (Phi) is 5.28. The summed E-state index contributed by atoms with van der Waals surface area (Å²) in [4.78, 5) is 12.0. The largest absolute Gasteiger partial charge is 0.394 e. The van der Waals surface area contributed by atoms with Crippen molar-refractivity contribution in [2.24, 2.45) is 5.41 Å². The normalized spacial score (nSPS) is 12.5. The molecule has 1 aromatic carbocycles. The number of carbonyl (C=O) groups is 1. The minimum atomic E-state index is -0.416. The third-order valence-electron chi connectivity index (χ3n) is 3.51. The second-order valence-corrected chi connectivity index (χ2v) is 6.37. The van der Waals surface area contributed by atoms with Crippen LogP contribution in [0, 0.1) is 5.41 Å². The molecule has 2 aromatic rings. The lowest BCUT2D eigenvalue weighted by Crippen LogP contribution is -2.47. The first-order valence-electron chi connectivity index (χ1n) is 7.47. The van der Waals surface area contributed by atoms with Crippen molar-refractivity contribution in [3.63, 3.8) is 0 Å². The Hall–Kier alpha value is -2.47. The van der Waals surface area contributed by atoms with Gasteiger partial charge < -0.3 is 10.4 Å². The standard InChI is InChI=1S/C17H22N4O2/c1-17(2,3)14(11-22)18-16(23)19-15-10-9-13(20-21-15)12-7-5-4-6-8-12/h4-10,14,22H,11H2,1-3H3,(H2,18,19,21,23)/t14-/m1/s1. The number of hydrogen-bond donors (Lipinski definition) is 3. The summed E-state index contributed by atoms with van der Waals surface area (Å²) < 4.78 is 0. The Labute approximate surface area is 136 Å². The number of rotatable bonds is 4. The van der Waals surface area contributed by atoms with E-state index in [9.17, 15) is 9.90 Å². The Balaban J connectivity index is 1.99. The predicted octanol–water partition coefficient (Wildman–Crippen LogP) is 2.67. The van der Waals surface area contributed by atoms with Crippen molar-refractivity contribution >= 4 is 11.8 Å². The van der Waals surface area contributed by atoms with Crippen LogP contribution >= 0.6 is 0 Å². The molecule has 3 N–H and O–H groups in total. The van der Waals surface area contributed by atoms with Gasteiger partial charge in [0, 0.05) is 5.56 Å². The summed E-state index contributed by atoms with van der Waals surface area (Å²) in [5, 5.41) is 22.8. The lowest BCUT2D eigenvalue weighted by atomic mass is 9.87. The van der Waals surface area contributed by atoms with Crippen molar-refractivity contribution in [1.82, 2.24) is 15.5 Å². The van der Waals surface area contributed by atoms with Gasteiger partial charge in [0.1, 0.15) is 0 Å². The van der Waals surface area contributed by atoms with Gasteiger partial charge in [-0.05, 0) is 17.5 Å². The third-order valence-corrected chi connectivity index (χ3v) is 3.51. The number of aromatic nitrogens is 2. The van der Waals surface area contributed by atoms with Crippen LogP contribution in [-0.4, -0.2) is 34.0 Å². The van der Waals surface area contributed by atoms with Crippen LogP contribution < -0.4 is 10.6 Å². The lowest BCUT2D eigenvalue weighted by Gasteiger charge is -2.29. The van der Waals surface area contributed by atoms with E-state index in [1.165, 1.54) is 0 Å². The van der Waals surface area contributed by atoms with Crippen molar-refractivity contribution in [2.75, 3.05) is 11.9 Å². The molecule has 0 bridgehead atoms. The van der Waals surface area contributed by atoms with Crippen molar-refractivity contribution in [3.8, 4) is 11.3 Å². The van der Waals surface area contributed by atoms with Crippen LogP contribution in [-0.2, 0) is 0 Å². The molecule has 0 spiro atoms. The van der Waals surface area contributed by atoms with Gasteiger partial charge in [-0.2, -0.15) is 0 Å². The average Bonchev–Trinajstić information content (AvgIpc) is 2.53. The van der Waals surface area contributed by atoms with Gasteiger partial charge in [0.05, 0.1) is 18.3 Å². The zero-order valence-electron chi connectivity index (χ0n) is 13.6. The van der Waals surface area contributed by atoms with Gasteiger partial charge in [-0.3, -0.25) is 5.32 Å². The fraction of sp³-hybridized carbons (Fsp3) is 0.353. The average molecular weight is 314 g/mol. The Morgan fingerprint density at radius 3 is 2.35 bits per heavy atom. The van der Waals surface area contributed by atoms with Crippen molar-refractivity contribution < 1.29 is 9.90 Å². The van der Waals surface area contributed by atoms with E-state index in [0.29, 0.717) is 5.82 Å². The third kappa shape index (κ3) is 4.75.